The lowest BCUT2D eigenvalue weighted by molar-refractivity contribution is 0.0648. The predicted molar refractivity (Wildman–Crippen MR) is 81.3 cm³/mol. The van der Waals surface area contributed by atoms with Gasteiger partial charge in [-0.1, -0.05) is 29.8 Å². The summed E-state index contributed by atoms with van der Waals surface area (Å²) in [5, 5.41) is 28.4. The molecule has 5 nitrogen and oxygen atoms in total. The molecule has 0 aliphatic carbocycles. The Morgan fingerprint density at radius 2 is 1.71 bits per heavy atom. The molecule has 3 rings (SSSR count). The zero-order valence-corrected chi connectivity index (χ0v) is 12.1. The number of hydrogen-bond acceptors (Lipinski definition) is 5. The summed E-state index contributed by atoms with van der Waals surface area (Å²) in [6.45, 7) is 0.911. The minimum atomic E-state index is -0.543. The minimum Gasteiger partial charge on any atom is -0.391 e. The molecule has 2 N–H and O–H groups in total. The lowest BCUT2D eigenvalue weighted by Crippen LogP contribution is -2.46. The number of piperidine rings is 1. The van der Waals surface area contributed by atoms with E-state index >= 15 is 0 Å². The molecule has 2 heterocycles. The fourth-order valence-electron chi connectivity index (χ4n) is 2.54. The Labute approximate surface area is 127 Å². The zero-order valence-electron chi connectivity index (χ0n) is 11.4. The summed E-state index contributed by atoms with van der Waals surface area (Å²) in [6, 6.07) is 11.1. The van der Waals surface area contributed by atoms with E-state index in [1.54, 1.807) is 0 Å². The number of aromatic nitrogens is 2. The van der Waals surface area contributed by atoms with Gasteiger partial charge in [-0.05, 0) is 18.2 Å². The van der Waals surface area contributed by atoms with Crippen LogP contribution >= 0.6 is 11.6 Å². The number of β-amino-alcohol motifs (C(OH)–C–C–N with tert-alkyl or cyclic N) is 2. The van der Waals surface area contributed by atoms with Gasteiger partial charge in [-0.2, -0.15) is 0 Å². The Balaban J connectivity index is 1.83. The summed E-state index contributed by atoms with van der Waals surface area (Å²) >= 11 is 6.14. The van der Waals surface area contributed by atoms with Gasteiger partial charge in [-0.25, -0.2) is 0 Å². The third-order valence-corrected chi connectivity index (χ3v) is 3.86. The van der Waals surface area contributed by atoms with Crippen molar-refractivity contribution in [2.75, 3.05) is 18.0 Å². The molecular formula is C15H16ClN3O2. The summed E-state index contributed by atoms with van der Waals surface area (Å²) < 4.78 is 0. The van der Waals surface area contributed by atoms with Gasteiger partial charge in [0.25, 0.3) is 0 Å². The number of rotatable bonds is 2. The van der Waals surface area contributed by atoms with Gasteiger partial charge in [0.15, 0.2) is 5.82 Å². The summed E-state index contributed by atoms with van der Waals surface area (Å²) in [5.41, 5.74) is 1.53. The lowest BCUT2D eigenvalue weighted by atomic mass is 10.1. The van der Waals surface area contributed by atoms with Crippen molar-refractivity contribution in [3.63, 3.8) is 0 Å². The predicted octanol–water partition coefficient (Wildman–Crippen LogP) is 1.73. The van der Waals surface area contributed by atoms with Crippen LogP contribution in [0.2, 0.25) is 5.02 Å². The highest BCUT2D eigenvalue weighted by Crippen LogP contribution is 2.26. The van der Waals surface area contributed by atoms with Crippen molar-refractivity contribution in [2.45, 2.75) is 18.6 Å². The fraction of sp³-hybridized carbons (Fsp3) is 0.333. The van der Waals surface area contributed by atoms with Gasteiger partial charge in [0.1, 0.15) is 0 Å². The summed E-state index contributed by atoms with van der Waals surface area (Å²) in [6.07, 6.45) is -0.681. The van der Waals surface area contributed by atoms with E-state index < -0.39 is 12.2 Å². The first kappa shape index (κ1) is 14.3. The fourth-order valence-corrected chi connectivity index (χ4v) is 2.77. The second-order valence-corrected chi connectivity index (χ2v) is 5.61. The van der Waals surface area contributed by atoms with Gasteiger partial charge < -0.3 is 15.1 Å². The molecule has 0 spiro atoms. The van der Waals surface area contributed by atoms with Gasteiger partial charge in [-0.15, -0.1) is 10.2 Å². The molecule has 0 radical (unpaired) electrons. The van der Waals surface area contributed by atoms with E-state index in [2.05, 4.69) is 10.2 Å². The maximum Gasteiger partial charge on any atom is 0.151 e. The van der Waals surface area contributed by atoms with Crippen molar-refractivity contribution < 1.29 is 10.2 Å². The second kappa shape index (κ2) is 5.97. The molecule has 21 heavy (non-hydrogen) atoms. The SMILES string of the molecule is O[C@@H]1C[C@H](O)CN(c2ccc(-c3ccccc3Cl)nn2)C1. The standard InChI is InChI=1S/C15H16ClN3O2/c16-13-4-2-1-3-12(13)14-5-6-15(18-17-14)19-8-10(20)7-11(21)9-19/h1-6,10-11,20-21H,7-9H2/t10-,11+. The molecule has 1 saturated heterocycles. The van der Waals surface area contributed by atoms with Gasteiger partial charge in [0.2, 0.25) is 0 Å². The lowest BCUT2D eigenvalue weighted by Gasteiger charge is -2.33. The third kappa shape index (κ3) is 3.15. The molecule has 1 fully saturated rings. The van der Waals surface area contributed by atoms with E-state index in [-0.39, 0.29) is 0 Å². The zero-order chi connectivity index (χ0) is 14.8. The van der Waals surface area contributed by atoms with Crippen LogP contribution in [0, 0.1) is 0 Å². The van der Waals surface area contributed by atoms with Crippen molar-refractivity contribution in [1.29, 1.82) is 0 Å². The molecule has 0 unspecified atom stereocenters. The van der Waals surface area contributed by atoms with E-state index in [9.17, 15) is 10.2 Å². The van der Waals surface area contributed by atoms with Crippen molar-refractivity contribution in [2.24, 2.45) is 0 Å². The Hall–Kier alpha value is -1.69. The van der Waals surface area contributed by atoms with Crippen LogP contribution in [0.15, 0.2) is 36.4 Å². The molecule has 0 saturated carbocycles. The molecule has 1 aliphatic rings. The normalized spacial score (nSPS) is 22.3. The van der Waals surface area contributed by atoms with Crippen LogP contribution in [0.4, 0.5) is 5.82 Å². The monoisotopic (exact) mass is 305 g/mol. The largest absolute Gasteiger partial charge is 0.391 e. The highest BCUT2D eigenvalue weighted by molar-refractivity contribution is 6.33. The first-order valence-corrected chi connectivity index (χ1v) is 7.21. The number of aliphatic hydroxyl groups is 2. The van der Waals surface area contributed by atoms with Gasteiger partial charge >= 0.3 is 0 Å². The van der Waals surface area contributed by atoms with Crippen molar-refractivity contribution in [3.05, 3.63) is 41.4 Å². The van der Waals surface area contributed by atoms with Crippen LogP contribution in [0.3, 0.4) is 0 Å². The molecule has 1 aromatic carbocycles. The molecule has 0 bridgehead atoms. The van der Waals surface area contributed by atoms with Gasteiger partial charge in [0.05, 0.1) is 22.9 Å². The van der Waals surface area contributed by atoms with Gasteiger partial charge in [-0.3, -0.25) is 0 Å². The molecule has 1 aromatic heterocycles. The quantitative estimate of drug-likeness (QED) is 0.884. The van der Waals surface area contributed by atoms with E-state index in [1.807, 2.05) is 41.3 Å². The van der Waals surface area contributed by atoms with Crippen LogP contribution in [0.25, 0.3) is 11.3 Å². The Morgan fingerprint density at radius 3 is 2.33 bits per heavy atom. The third-order valence-electron chi connectivity index (χ3n) is 3.53. The van der Waals surface area contributed by atoms with Crippen LogP contribution in [-0.4, -0.2) is 45.7 Å². The maximum atomic E-state index is 9.71. The second-order valence-electron chi connectivity index (χ2n) is 5.20. The Morgan fingerprint density at radius 1 is 1.00 bits per heavy atom. The number of hydrogen-bond donors (Lipinski definition) is 2. The van der Waals surface area contributed by atoms with E-state index in [0.29, 0.717) is 36.0 Å². The molecule has 110 valence electrons. The summed E-state index contributed by atoms with van der Waals surface area (Å²) in [5.74, 6) is 0.642. The first-order valence-electron chi connectivity index (χ1n) is 6.83. The van der Waals surface area contributed by atoms with Crippen LogP contribution in [0.5, 0.6) is 0 Å². The van der Waals surface area contributed by atoms with Crippen LogP contribution in [-0.2, 0) is 0 Å². The molecule has 2 atom stereocenters. The number of aliphatic hydroxyl groups excluding tert-OH is 2. The average molecular weight is 306 g/mol. The van der Waals surface area contributed by atoms with E-state index in [4.69, 9.17) is 11.6 Å². The topological polar surface area (TPSA) is 69.5 Å². The Bertz CT molecular complexity index is 611. The number of anilines is 1. The van der Waals surface area contributed by atoms with E-state index in [1.165, 1.54) is 0 Å². The molecule has 2 aromatic rings. The Kier molecular flexibility index (Phi) is 4.05. The highest BCUT2D eigenvalue weighted by atomic mass is 35.5. The minimum absolute atomic E-state index is 0.404. The van der Waals surface area contributed by atoms with Crippen molar-refractivity contribution in [1.82, 2.24) is 10.2 Å². The number of nitrogens with zero attached hydrogens (tertiary/aromatic N) is 3. The smallest absolute Gasteiger partial charge is 0.151 e. The number of halogens is 1. The highest BCUT2D eigenvalue weighted by Gasteiger charge is 2.25. The van der Waals surface area contributed by atoms with Crippen molar-refractivity contribution >= 4 is 17.4 Å². The van der Waals surface area contributed by atoms with Crippen molar-refractivity contribution in [3.8, 4) is 11.3 Å². The van der Waals surface area contributed by atoms with E-state index in [0.717, 1.165) is 5.56 Å². The summed E-state index contributed by atoms with van der Waals surface area (Å²) in [4.78, 5) is 1.84. The molecular weight excluding hydrogens is 290 g/mol. The van der Waals surface area contributed by atoms with Crippen LogP contribution < -0.4 is 4.90 Å². The maximum absolute atomic E-state index is 9.71. The summed E-state index contributed by atoms with van der Waals surface area (Å²) in [7, 11) is 0. The van der Waals surface area contributed by atoms with Gasteiger partial charge in [0, 0.05) is 25.1 Å². The molecule has 6 heteroatoms. The average Bonchev–Trinajstić information content (AvgIpc) is 2.47. The first-order chi connectivity index (χ1) is 10.1. The molecule has 1 aliphatic heterocycles. The molecule has 0 amide bonds. The van der Waals surface area contributed by atoms with Crippen LogP contribution in [0.1, 0.15) is 6.42 Å². The number of benzene rings is 1.